The van der Waals surface area contributed by atoms with Crippen molar-refractivity contribution in [2.75, 3.05) is 23.0 Å². The lowest BCUT2D eigenvalue weighted by Gasteiger charge is -2.31. The first-order chi connectivity index (χ1) is 12.8. The standard InChI is InChI=1S/C20H21N5S/c1-26-20-22-11-8-18(24-20)23-13-16-7-4-10-21-19(16)25-12-9-15-5-2-3-6-17(15)14-25/h2-8,10-11H,9,12-14H2,1H3,(H,22,23,24). The Labute approximate surface area is 157 Å². The molecule has 0 unspecified atom stereocenters. The first kappa shape index (κ1) is 16.8. The fraction of sp³-hybridized carbons (Fsp3) is 0.250. The topological polar surface area (TPSA) is 53.9 Å². The van der Waals surface area contributed by atoms with Gasteiger partial charge in [0, 0.05) is 37.6 Å². The number of pyridine rings is 1. The summed E-state index contributed by atoms with van der Waals surface area (Å²) in [7, 11) is 0. The highest BCUT2D eigenvalue weighted by Crippen LogP contribution is 2.26. The van der Waals surface area contributed by atoms with E-state index in [2.05, 4.69) is 55.5 Å². The molecule has 3 heterocycles. The monoisotopic (exact) mass is 363 g/mol. The van der Waals surface area contributed by atoms with Gasteiger partial charge in [0.15, 0.2) is 5.16 Å². The molecule has 0 saturated carbocycles. The van der Waals surface area contributed by atoms with Crippen LogP contribution in [0.4, 0.5) is 11.6 Å². The molecular formula is C20H21N5S. The van der Waals surface area contributed by atoms with Gasteiger partial charge in [-0.3, -0.25) is 0 Å². The largest absolute Gasteiger partial charge is 0.366 e. The maximum Gasteiger partial charge on any atom is 0.189 e. The molecule has 1 aliphatic rings. The number of benzene rings is 1. The highest BCUT2D eigenvalue weighted by Gasteiger charge is 2.19. The summed E-state index contributed by atoms with van der Waals surface area (Å²) in [6, 6.07) is 14.7. The van der Waals surface area contributed by atoms with E-state index >= 15 is 0 Å². The predicted molar refractivity (Wildman–Crippen MR) is 107 cm³/mol. The summed E-state index contributed by atoms with van der Waals surface area (Å²) in [6.07, 6.45) is 6.69. The van der Waals surface area contributed by atoms with Gasteiger partial charge in [0.2, 0.25) is 0 Å². The number of hydrogen-bond acceptors (Lipinski definition) is 6. The Hall–Kier alpha value is -2.60. The Morgan fingerprint density at radius 1 is 1.04 bits per heavy atom. The molecule has 0 spiro atoms. The zero-order valence-corrected chi connectivity index (χ0v) is 15.5. The van der Waals surface area contributed by atoms with Crippen LogP contribution in [0, 0.1) is 0 Å². The SMILES string of the molecule is CSc1nccc(NCc2cccnc2N2CCc3ccccc3C2)n1. The van der Waals surface area contributed by atoms with Crippen LogP contribution in [0.2, 0.25) is 0 Å². The Morgan fingerprint density at radius 3 is 2.81 bits per heavy atom. The third kappa shape index (κ3) is 3.65. The molecule has 0 radical (unpaired) electrons. The van der Waals surface area contributed by atoms with E-state index in [-0.39, 0.29) is 0 Å². The number of hydrogen-bond donors (Lipinski definition) is 1. The van der Waals surface area contributed by atoms with Crippen LogP contribution in [-0.2, 0) is 19.5 Å². The van der Waals surface area contributed by atoms with Crippen molar-refractivity contribution in [1.82, 2.24) is 15.0 Å². The lowest BCUT2D eigenvalue weighted by Crippen LogP contribution is -2.32. The van der Waals surface area contributed by atoms with Gasteiger partial charge < -0.3 is 10.2 Å². The fourth-order valence-corrected chi connectivity index (χ4v) is 3.61. The number of anilines is 2. The van der Waals surface area contributed by atoms with Crippen LogP contribution in [0.1, 0.15) is 16.7 Å². The average Bonchev–Trinajstić information content (AvgIpc) is 2.72. The van der Waals surface area contributed by atoms with E-state index < -0.39 is 0 Å². The van der Waals surface area contributed by atoms with Crippen molar-refractivity contribution in [2.24, 2.45) is 0 Å². The molecule has 0 bridgehead atoms. The van der Waals surface area contributed by atoms with Crippen molar-refractivity contribution in [2.45, 2.75) is 24.7 Å². The molecule has 3 aromatic rings. The Kier molecular flexibility index (Phi) is 5.02. The summed E-state index contributed by atoms with van der Waals surface area (Å²) >= 11 is 1.54. The van der Waals surface area contributed by atoms with E-state index in [1.807, 2.05) is 24.6 Å². The highest BCUT2D eigenvalue weighted by atomic mass is 32.2. The number of rotatable bonds is 5. The maximum absolute atomic E-state index is 4.67. The van der Waals surface area contributed by atoms with Gasteiger partial charge in [-0.25, -0.2) is 15.0 Å². The zero-order chi connectivity index (χ0) is 17.8. The molecule has 0 atom stereocenters. The van der Waals surface area contributed by atoms with Crippen molar-refractivity contribution >= 4 is 23.4 Å². The normalized spacial score (nSPS) is 13.3. The second kappa shape index (κ2) is 7.74. The fourth-order valence-electron chi connectivity index (χ4n) is 3.25. The van der Waals surface area contributed by atoms with Crippen molar-refractivity contribution in [3.05, 3.63) is 71.5 Å². The van der Waals surface area contributed by atoms with Gasteiger partial charge in [-0.1, -0.05) is 42.1 Å². The van der Waals surface area contributed by atoms with Crippen molar-refractivity contribution in [3.8, 4) is 0 Å². The number of thioether (sulfide) groups is 1. The van der Waals surface area contributed by atoms with Crippen molar-refractivity contribution in [3.63, 3.8) is 0 Å². The predicted octanol–water partition coefficient (Wildman–Crippen LogP) is 3.77. The highest BCUT2D eigenvalue weighted by molar-refractivity contribution is 7.98. The van der Waals surface area contributed by atoms with Gasteiger partial charge >= 0.3 is 0 Å². The smallest absolute Gasteiger partial charge is 0.189 e. The Morgan fingerprint density at radius 2 is 1.92 bits per heavy atom. The van der Waals surface area contributed by atoms with E-state index in [4.69, 9.17) is 0 Å². The van der Waals surface area contributed by atoms with Crippen LogP contribution < -0.4 is 10.2 Å². The number of fused-ring (bicyclic) bond motifs is 1. The summed E-state index contributed by atoms with van der Waals surface area (Å²) in [4.78, 5) is 15.7. The van der Waals surface area contributed by atoms with Gasteiger partial charge in [0.1, 0.15) is 11.6 Å². The molecule has 0 aliphatic carbocycles. The molecule has 0 fully saturated rings. The Balaban J connectivity index is 1.52. The molecule has 0 amide bonds. The molecule has 2 aromatic heterocycles. The van der Waals surface area contributed by atoms with Crippen LogP contribution in [0.5, 0.6) is 0 Å². The van der Waals surface area contributed by atoms with Gasteiger partial charge in [-0.2, -0.15) is 0 Å². The van der Waals surface area contributed by atoms with Gasteiger partial charge in [-0.15, -0.1) is 0 Å². The summed E-state index contributed by atoms with van der Waals surface area (Å²) in [5.74, 6) is 1.89. The summed E-state index contributed by atoms with van der Waals surface area (Å²) in [5, 5.41) is 4.18. The average molecular weight is 363 g/mol. The second-order valence-electron chi connectivity index (χ2n) is 6.21. The summed E-state index contributed by atoms with van der Waals surface area (Å²) < 4.78 is 0. The molecule has 1 aromatic carbocycles. The van der Waals surface area contributed by atoms with E-state index in [0.717, 1.165) is 36.3 Å². The first-order valence-electron chi connectivity index (χ1n) is 8.70. The van der Waals surface area contributed by atoms with Crippen molar-refractivity contribution < 1.29 is 0 Å². The van der Waals surface area contributed by atoms with Crippen molar-refractivity contribution in [1.29, 1.82) is 0 Å². The lowest BCUT2D eigenvalue weighted by atomic mass is 9.99. The maximum atomic E-state index is 4.67. The third-order valence-corrected chi connectivity index (χ3v) is 5.14. The number of nitrogens with zero attached hydrogens (tertiary/aromatic N) is 4. The zero-order valence-electron chi connectivity index (χ0n) is 14.7. The second-order valence-corrected chi connectivity index (χ2v) is 6.98. The molecule has 0 saturated heterocycles. The quantitative estimate of drug-likeness (QED) is 0.550. The molecule has 6 heteroatoms. The minimum atomic E-state index is 0.687. The third-order valence-electron chi connectivity index (χ3n) is 4.57. The molecule has 1 N–H and O–H groups in total. The molecule has 26 heavy (non-hydrogen) atoms. The van der Waals surface area contributed by atoms with Gasteiger partial charge in [-0.05, 0) is 35.9 Å². The summed E-state index contributed by atoms with van der Waals surface area (Å²) in [6.45, 7) is 2.58. The molecule has 4 rings (SSSR count). The minimum Gasteiger partial charge on any atom is -0.366 e. The van der Waals surface area contributed by atoms with E-state index in [1.54, 1.807) is 18.0 Å². The van der Waals surface area contributed by atoms with Crippen LogP contribution in [0.3, 0.4) is 0 Å². The minimum absolute atomic E-state index is 0.687. The molecule has 1 aliphatic heterocycles. The number of nitrogens with one attached hydrogen (secondary N) is 1. The van der Waals surface area contributed by atoms with Crippen LogP contribution in [0.25, 0.3) is 0 Å². The van der Waals surface area contributed by atoms with Crippen LogP contribution >= 0.6 is 11.8 Å². The van der Waals surface area contributed by atoms with Crippen LogP contribution in [0.15, 0.2) is 60.0 Å². The van der Waals surface area contributed by atoms with Gasteiger partial charge in [0.05, 0.1) is 0 Å². The first-order valence-corrected chi connectivity index (χ1v) is 9.92. The van der Waals surface area contributed by atoms with Gasteiger partial charge in [0.25, 0.3) is 0 Å². The number of aromatic nitrogens is 3. The van der Waals surface area contributed by atoms with E-state index in [1.165, 1.54) is 16.7 Å². The molecule has 5 nitrogen and oxygen atoms in total. The Bertz CT molecular complexity index is 899. The lowest BCUT2D eigenvalue weighted by molar-refractivity contribution is 0.716. The summed E-state index contributed by atoms with van der Waals surface area (Å²) in [5.41, 5.74) is 4.02. The van der Waals surface area contributed by atoms with Crippen LogP contribution in [-0.4, -0.2) is 27.8 Å². The van der Waals surface area contributed by atoms with E-state index in [0.29, 0.717) is 6.54 Å². The molecular weight excluding hydrogens is 342 g/mol. The van der Waals surface area contributed by atoms with E-state index in [9.17, 15) is 0 Å². The molecule has 132 valence electrons.